The van der Waals surface area contributed by atoms with Crippen LogP contribution in [0.4, 0.5) is 15.8 Å². The molecule has 0 saturated carbocycles. The lowest BCUT2D eigenvalue weighted by Crippen LogP contribution is -2.31. The first-order chi connectivity index (χ1) is 15.1. The van der Waals surface area contributed by atoms with Gasteiger partial charge in [0.25, 0.3) is 0 Å². The van der Waals surface area contributed by atoms with Gasteiger partial charge in [-0.25, -0.2) is 9.29 Å². The van der Waals surface area contributed by atoms with E-state index < -0.39 is 5.25 Å². The molecule has 4 rings (SSSR count). The summed E-state index contributed by atoms with van der Waals surface area (Å²) < 4.78 is 13.3. The Hall–Kier alpha value is -3.45. The fourth-order valence-electron chi connectivity index (χ4n) is 3.19. The molecule has 1 saturated heterocycles. The van der Waals surface area contributed by atoms with E-state index in [0.29, 0.717) is 23.1 Å². The third kappa shape index (κ3) is 5.19. The molecule has 1 N–H and O–H groups in total. The van der Waals surface area contributed by atoms with E-state index in [1.807, 2.05) is 36.4 Å². The number of hydrogen-bond donors (Lipinski definition) is 1. The van der Waals surface area contributed by atoms with Crippen molar-refractivity contribution >= 4 is 40.1 Å². The van der Waals surface area contributed by atoms with Gasteiger partial charge in [-0.2, -0.15) is 0 Å². The maximum atomic E-state index is 13.3. The van der Waals surface area contributed by atoms with Crippen molar-refractivity contribution in [3.8, 4) is 0 Å². The van der Waals surface area contributed by atoms with Crippen LogP contribution in [0, 0.1) is 5.82 Å². The first-order valence-corrected chi connectivity index (χ1v) is 10.7. The predicted octanol–water partition coefficient (Wildman–Crippen LogP) is 4.86. The lowest BCUT2D eigenvalue weighted by molar-refractivity contribution is -0.121. The molecule has 0 unspecified atom stereocenters. The second-order valence-electron chi connectivity index (χ2n) is 6.95. The second-order valence-corrected chi connectivity index (χ2v) is 8.14. The molecule has 5 nitrogen and oxygen atoms in total. The van der Waals surface area contributed by atoms with Crippen LogP contribution in [0.2, 0.25) is 0 Å². The molecule has 3 aromatic carbocycles. The zero-order chi connectivity index (χ0) is 21.6. The molecule has 1 fully saturated rings. The second kappa shape index (κ2) is 9.57. The van der Waals surface area contributed by atoms with Gasteiger partial charge in [-0.3, -0.25) is 14.6 Å². The highest BCUT2D eigenvalue weighted by molar-refractivity contribution is 8.15. The van der Waals surface area contributed by atoms with E-state index in [1.165, 1.54) is 28.8 Å². The van der Waals surface area contributed by atoms with E-state index in [-0.39, 0.29) is 24.1 Å². The maximum Gasteiger partial charge on any atom is 0.247 e. The van der Waals surface area contributed by atoms with Crippen LogP contribution >= 0.6 is 11.8 Å². The van der Waals surface area contributed by atoms with Gasteiger partial charge < -0.3 is 5.32 Å². The Bertz CT molecular complexity index is 1090. The van der Waals surface area contributed by atoms with Crippen molar-refractivity contribution < 1.29 is 14.0 Å². The Morgan fingerprint density at radius 1 is 0.968 bits per heavy atom. The highest BCUT2D eigenvalue weighted by Gasteiger charge is 2.40. The van der Waals surface area contributed by atoms with Gasteiger partial charge in [0.1, 0.15) is 11.1 Å². The van der Waals surface area contributed by atoms with Crippen LogP contribution in [0.5, 0.6) is 0 Å². The summed E-state index contributed by atoms with van der Waals surface area (Å²) in [6.45, 7) is 0.411. The average Bonchev–Trinajstić information content (AvgIpc) is 3.07. The molecule has 0 bridgehead atoms. The molecule has 1 heterocycles. The summed E-state index contributed by atoms with van der Waals surface area (Å²) in [5, 5.41) is 3.07. The van der Waals surface area contributed by atoms with E-state index in [9.17, 15) is 14.0 Å². The molecular formula is C24H20FN3O2S. The van der Waals surface area contributed by atoms with Crippen molar-refractivity contribution in [2.45, 2.75) is 18.2 Å². The lowest BCUT2D eigenvalue weighted by atomic mass is 10.2. The molecule has 1 aliphatic rings. The molecule has 7 heteroatoms. The maximum absolute atomic E-state index is 13.3. The summed E-state index contributed by atoms with van der Waals surface area (Å²) >= 11 is 1.21. The van der Waals surface area contributed by atoms with Crippen LogP contribution in [0.15, 0.2) is 89.9 Å². The number of rotatable bonds is 5. The molecule has 1 atom stereocenters. The third-order valence-corrected chi connectivity index (χ3v) is 5.82. The molecule has 156 valence electrons. The number of anilines is 2. The van der Waals surface area contributed by atoms with Crippen LogP contribution in [-0.4, -0.2) is 22.2 Å². The zero-order valence-corrected chi connectivity index (χ0v) is 17.4. The van der Waals surface area contributed by atoms with Crippen molar-refractivity contribution in [3.63, 3.8) is 0 Å². The number of carbonyl (C=O) groups excluding carboxylic acids is 2. The number of thioether (sulfide) groups is 1. The first-order valence-electron chi connectivity index (χ1n) is 9.79. The van der Waals surface area contributed by atoms with Gasteiger partial charge in [0.15, 0.2) is 5.17 Å². The van der Waals surface area contributed by atoms with E-state index in [2.05, 4.69) is 10.3 Å². The number of benzene rings is 3. The van der Waals surface area contributed by atoms with E-state index >= 15 is 0 Å². The highest BCUT2D eigenvalue weighted by atomic mass is 32.2. The quantitative estimate of drug-likeness (QED) is 0.355. The van der Waals surface area contributed by atoms with Gasteiger partial charge in [0.2, 0.25) is 11.8 Å². The summed E-state index contributed by atoms with van der Waals surface area (Å²) in [5.74, 6) is -0.844. The average molecular weight is 434 g/mol. The molecule has 0 radical (unpaired) electrons. The normalized spacial score (nSPS) is 16.6. The number of nitrogens with zero attached hydrogens (tertiary/aromatic N) is 2. The minimum atomic E-state index is -0.588. The van der Waals surface area contributed by atoms with Crippen LogP contribution in [0.1, 0.15) is 12.0 Å². The summed E-state index contributed by atoms with van der Waals surface area (Å²) in [5.41, 5.74) is 2.23. The SMILES string of the molecule is O=C1C[C@@H](SC(=NCc2ccccc2)Nc2ccc(F)cc2)C(=O)N1c1ccccc1. The topological polar surface area (TPSA) is 61.8 Å². The fraction of sp³-hybridized carbons (Fsp3) is 0.125. The molecule has 2 amide bonds. The smallest absolute Gasteiger partial charge is 0.247 e. The van der Waals surface area contributed by atoms with E-state index in [4.69, 9.17) is 0 Å². The third-order valence-electron chi connectivity index (χ3n) is 4.72. The number of para-hydroxylation sites is 1. The highest BCUT2D eigenvalue weighted by Crippen LogP contribution is 2.31. The lowest BCUT2D eigenvalue weighted by Gasteiger charge is -2.16. The van der Waals surface area contributed by atoms with Gasteiger partial charge in [0, 0.05) is 12.1 Å². The summed E-state index contributed by atoms with van der Waals surface area (Å²) in [6.07, 6.45) is 0.0911. The van der Waals surface area contributed by atoms with Gasteiger partial charge in [-0.1, -0.05) is 60.3 Å². The summed E-state index contributed by atoms with van der Waals surface area (Å²) in [4.78, 5) is 31.4. The fourth-order valence-corrected chi connectivity index (χ4v) is 4.21. The largest absolute Gasteiger partial charge is 0.335 e. The molecule has 0 aliphatic carbocycles. The number of halogens is 1. The number of amides is 2. The van der Waals surface area contributed by atoms with Crippen LogP contribution in [0.25, 0.3) is 0 Å². The Labute approximate surface area is 184 Å². The predicted molar refractivity (Wildman–Crippen MR) is 123 cm³/mol. The van der Waals surface area contributed by atoms with Crippen LogP contribution in [0.3, 0.4) is 0 Å². The van der Waals surface area contributed by atoms with Gasteiger partial charge in [-0.15, -0.1) is 0 Å². The number of imide groups is 1. The molecule has 0 aromatic heterocycles. The Balaban J connectivity index is 1.54. The molecular weight excluding hydrogens is 413 g/mol. The molecule has 3 aromatic rings. The monoisotopic (exact) mass is 433 g/mol. The number of aliphatic imine (C=N–C) groups is 1. The summed E-state index contributed by atoms with van der Waals surface area (Å²) in [7, 11) is 0. The number of carbonyl (C=O) groups is 2. The number of nitrogens with one attached hydrogen (secondary N) is 1. The summed E-state index contributed by atoms with van der Waals surface area (Å²) in [6, 6.07) is 24.5. The molecule has 1 aliphatic heterocycles. The minimum Gasteiger partial charge on any atom is -0.335 e. The van der Waals surface area contributed by atoms with Gasteiger partial charge in [0.05, 0.1) is 12.2 Å². The minimum absolute atomic E-state index is 0.0911. The molecule has 0 spiro atoms. The Morgan fingerprint density at radius 2 is 1.61 bits per heavy atom. The first kappa shape index (κ1) is 20.8. The van der Waals surface area contributed by atoms with Crippen molar-refractivity contribution in [2.75, 3.05) is 10.2 Å². The van der Waals surface area contributed by atoms with Crippen LogP contribution < -0.4 is 10.2 Å². The van der Waals surface area contributed by atoms with E-state index in [0.717, 1.165) is 5.56 Å². The standard InChI is InChI=1S/C24H20FN3O2S/c25-18-11-13-19(14-12-18)27-24(26-16-17-7-3-1-4-8-17)31-21-15-22(29)28(23(21)30)20-9-5-2-6-10-20/h1-14,21H,15-16H2,(H,26,27)/t21-/m1/s1. The Kier molecular flexibility index (Phi) is 6.43. The van der Waals surface area contributed by atoms with E-state index in [1.54, 1.807) is 36.4 Å². The van der Waals surface area contributed by atoms with Crippen molar-refractivity contribution in [2.24, 2.45) is 4.99 Å². The molecule has 31 heavy (non-hydrogen) atoms. The number of amidine groups is 1. The van der Waals surface area contributed by atoms with Gasteiger partial charge >= 0.3 is 0 Å². The van der Waals surface area contributed by atoms with Crippen molar-refractivity contribution in [3.05, 3.63) is 96.3 Å². The zero-order valence-electron chi connectivity index (χ0n) is 16.6. The Morgan fingerprint density at radius 3 is 2.29 bits per heavy atom. The van der Waals surface area contributed by atoms with Crippen LogP contribution in [-0.2, 0) is 16.1 Å². The van der Waals surface area contributed by atoms with Crippen molar-refractivity contribution in [1.29, 1.82) is 0 Å². The number of hydrogen-bond acceptors (Lipinski definition) is 4. The van der Waals surface area contributed by atoms with Gasteiger partial charge in [-0.05, 0) is 42.0 Å². The van der Waals surface area contributed by atoms with Crippen molar-refractivity contribution in [1.82, 2.24) is 0 Å².